The van der Waals surface area contributed by atoms with Crippen LogP contribution in [0, 0.1) is 21.3 Å². The van der Waals surface area contributed by atoms with Crippen molar-refractivity contribution in [2.45, 2.75) is 59.9 Å². The molecule has 0 aliphatic rings. The van der Waals surface area contributed by atoms with Gasteiger partial charge in [-0.3, -0.25) is 10.1 Å². The highest BCUT2D eigenvalue weighted by Gasteiger charge is 2.27. The third-order valence-corrected chi connectivity index (χ3v) is 5.51. The van der Waals surface area contributed by atoms with Crippen molar-refractivity contribution < 1.29 is 9.31 Å². The molecule has 0 saturated heterocycles. The zero-order chi connectivity index (χ0) is 23.8. The van der Waals surface area contributed by atoms with Gasteiger partial charge in [0.15, 0.2) is 0 Å². The van der Waals surface area contributed by atoms with Crippen molar-refractivity contribution in [3.63, 3.8) is 0 Å². The molecule has 2 heterocycles. The van der Waals surface area contributed by atoms with Gasteiger partial charge in [0.05, 0.1) is 22.0 Å². The molecule has 2 aromatic heterocycles. The highest BCUT2D eigenvalue weighted by Crippen LogP contribution is 2.35. The van der Waals surface area contributed by atoms with Gasteiger partial charge in [-0.2, -0.15) is 0 Å². The lowest BCUT2D eigenvalue weighted by Gasteiger charge is -2.28. The average Bonchev–Trinajstić information content (AvgIpc) is 3.13. The molecule has 3 aromatic rings. The van der Waals surface area contributed by atoms with E-state index >= 15 is 0 Å². The number of anilines is 1. The van der Waals surface area contributed by atoms with Gasteiger partial charge >= 0.3 is 5.69 Å². The fraction of sp³-hybridized carbons (Fsp3) is 0.417. The first-order chi connectivity index (χ1) is 14.8. The maximum Gasteiger partial charge on any atom is 0.311 e. The number of pyridine rings is 1. The van der Waals surface area contributed by atoms with Crippen molar-refractivity contribution >= 4 is 11.5 Å². The summed E-state index contributed by atoms with van der Waals surface area (Å²) in [6.45, 7) is 14.2. The van der Waals surface area contributed by atoms with Gasteiger partial charge in [-0.25, -0.2) is 14.4 Å². The lowest BCUT2D eigenvalue weighted by molar-refractivity contribution is -0.384. The molecule has 3 rings (SSSR count). The SMILES string of the molecule is C[C@@H](Nc1nc(-c2[nH]c(C(C)(C)C)nc2-c2ccc(F)cc2)ccc1[N+](=O)[O-])C(C)(C)C. The quantitative estimate of drug-likeness (QED) is 0.358. The number of nitrogens with zero attached hydrogens (tertiary/aromatic N) is 3. The van der Waals surface area contributed by atoms with Gasteiger partial charge in [-0.05, 0) is 42.7 Å². The molecule has 8 heteroatoms. The minimum Gasteiger partial charge on any atom is -0.361 e. The first-order valence-corrected chi connectivity index (χ1v) is 10.6. The molecular weight excluding hydrogens is 409 g/mol. The van der Waals surface area contributed by atoms with Crippen LogP contribution in [-0.4, -0.2) is 25.9 Å². The molecule has 0 aliphatic heterocycles. The van der Waals surface area contributed by atoms with Gasteiger partial charge in [0.1, 0.15) is 11.6 Å². The largest absolute Gasteiger partial charge is 0.361 e. The molecule has 0 unspecified atom stereocenters. The third-order valence-electron chi connectivity index (χ3n) is 5.51. The van der Waals surface area contributed by atoms with Crippen LogP contribution in [-0.2, 0) is 5.41 Å². The fourth-order valence-electron chi connectivity index (χ4n) is 3.00. The second kappa shape index (κ2) is 8.33. The van der Waals surface area contributed by atoms with Gasteiger partial charge in [0.2, 0.25) is 5.82 Å². The van der Waals surface area contributed by atoms with E-state index in [0.29, 0.717) is 17.1 Å². The van der Waals surface area contributed by atoms with Crippen LogP contribution in [0.4, 0.5) is 15.9 Å². The Morgan fingerprint density at radius 1 is 1.03 bits per heavy atom. The Hall–Kier alpha value is -3.29. The smallest absolute Gasteiger partial charge is 0.311 e. The van der Waals surface area contributed by atoms with E-state index < -0.39 is 4.92 Å². The molecule has 170 valence electrons. The van der Waals surface area contributed by atoms with Crippen LogP contribution >= 0.6 is 0 Å². The predicted molar refractivity (Wildman–Crippen MR) is 125 cm³/mol. The van der Waals surface area contributed by atoms with Gasteiger partial charge in [0.25, 0.3) is 0 Å². The highest BCUT2D eigenvalue weighted by molar-refractivity contribution is 5.78. The van der Waals surface area contributed by atoms with E-state index in [9.17, 15) is 14.5 Å². The summed E-state index contributed by atoms with van der Waals surface area (Å²) in [5, 5.41) is 14.8. The Balaban J connectivity index is 2.18. The Morgan fingerprint density at radius 3 is 2.19 bits per heavy atom. The van der Waals surface area contributed by atoms with E-state index in [1.807, 2.05) is 27.7 Å². The number of aromatic nitrogens is 3. The Labute approximate surface area is 187 Å². The minimum atomic E-state index is -0.442. The number of nitro groups is 1. The summed E-state index contributed by atoms with van der Waals surface area (Å²) in [5.74, 6) is 0.606. The van der Waals surface area contributed by atoms with Crippen LogP contribution in [0.5, 0.6) is 0 Å². The molecule has 0 aliphatic carbocycles. The van der Waals surface area contributed by atoms with E-state index in [4.69, 9.17) is 4.98 Å². The summed E-state index contributed by atoms with van der Waals surface area (Å²) < 4.78 is 13.5. The summed E-state index contributed by atoms with van der Waals surface area (Å²) in [4.78, 5) is 23.9. The number of halogens is 1. The predicted octanol–water partition coefficient (Wildman–Crippen LogP) is 6.33. The number of nitrogens with one attached hydrogen (secondary N) is 2. The summed E-state index contributed by atoms with van der Waals surface area (Å²) in [6.07, 6.45) is 0. The van der Waals surface area contributed by atoms with E-state index in [0.717, 1.165) is 11.4 Å². The molecular formula is C24H30FN5O2. The molecule has 32 heavy (non-hydrogen) atoms. The summed E-state index contributed by atoms with van der Waals surface area (Å²) in [7, 11) is 0. The number of aromatic amines is 1. The van der Waals surface area contributed by atoms with E-state index in [2.05, 4.69) is 36.1 Å². The second-order valence-electron chi connectivity index (χ2n) is 10.1. The monoisotopic (exact) mass is 439 g/mol. The van der Waals surface area contributed by atoms with Crippen LogP contribution in [0.15, 0.2) is 36.4 Å². The summed E-state index contributed by atoms with van der Waals surface area (Å²) >= 11 is 0. The number of imidazole rings is 1. The van der Waals surface area contributed by atoms with Crippen molar-refractivity contribution in [3.05, 3.63) is 58.2 Å². The van der Waals surface area contributed by atoms with Gasteiger partial charge in [-0.1, -0.05) is 41.5 Å². The fourth-order valence-corrected chi connectivity index (χ4v) is 3.00. The van der Waals surface area contributed by atoms with Crippen molar-refractivity contribution in [2.24, 2.45) is 5.41 Å². The van der Waals surface area contributed by atoms with Crippen LogP contribution in [0.3, 0.4) is 0 Å². The maximum absolute atomic E-state index is 13.5. The first-order valence-electron chi connectivity index (χ1n) is 10.6. The van der Waals surface area contributed by atoms with Crippen molar-refractivity contribution in [2.75, 3.05) is 5.32 Å². The lowest BCUT2D eigenvalue weighted by atomic mass is 9.88. The Kier molecular flexibility index (Phi) is 6.09. The van der Waals surface area contributed by atoms with E-state index in [1.54, 1.807) is 18.2 Å². The topological polar surface area (TPSA) is 96.7 Å². The van der Waals surface area contributed by atoms with Crippen molar-refractivity contribution in [1.82, 2.24) is 15.0 Å². The number of H-pyrrole nitrogens is 1. The molecule has 0 bridgehead atoms. The molecule has 0 amide bonds. The number of rotatable bonds is 5. The zero-order valence-electron chi connectivity index (χ0n) is 19.6. The van der Waals surface area contributed by atoms with Crippen LogP contribution in [0.25, 0.3) is 22.6 Å². The number of hydrogen-bond donors (Lipinski definition) is 2. The average molecular weight is 440 g/mol. The molecule has 7 nitrogen and oxygen atoms in total. The highest BCUT2D eigenvalue weighted by atomic mass is 19.1. The van der Waals surface area contributed by atoms with Crippen LogP contribution < -0.4 is 5.32 Å². The Morgan fingerprint density at radius 2 is 1.66 bits per heavy atom. The number of hydrogen-bond acceptors (Lipinski definition) is 5. The molecule has 0 saturated carbocycles. The second-order valence-corrected chi connectivity index (χ2v) is 10.1. The van der Waals surface area contributed by atoms with Gasteiger partial charge in [-0.15, -0.1) is 0 Å². The molecule has 0 fully saturated rings. The standard InChI is InChI=1S/C24H30FN5O2/c1-14(23(2,3)4)26-21-18(30(31)32)13-12-17(27-21)20-19(15-8-10-16(25)11-9-15)28-22(29-20)24(5,6)7/h8-14H,1-7H3,(H,26,27)(H,28,29)/t14-/m1/s1. The van der Waals surface area contributed by atoms with Gasteiger partial charge in [0, 0.05) is 23.1 Å². The van der Waals surface area contributed by atoms with Crippen molar-refractivity contribution in [1.29, 1.82) is 0 Å². The third kappa shape index (κ3) is 4.95. The lowest BCUT2D eigenvalue weighted by Crippen LogP contribution is -2.31. The maximum atomic E-state index is 13.5. The molecule has 1 atom stereocenters. The first kappa shape index (κ1) is 23.4. The molecule has 1 aromatic carbocycles. The molecule has 0 radical (unpaired) electrons. The van der Waals surface area contributed by atoms with Crippen LogP contribution in [0.1, 0.15) is 54.3 Å². The number of benzene rings is 1. The summed E-state index contributed by atoms with van der Waals surface area (Å²) in [6, 6.07) is 9.08. The van der Waals surface area contributed by atoms with Crippen molar-refractivity contribution in [3.8, 4) is 22.6 Å². The van der Waals surface area contributed by atoms with E-state index in [-0.39, 0.29) is 34.2 Å². The normalized spacial score (nSPS) is 13.1. The minimum absolute atomic E-state index is 0.0626. The zero-order valence-corrected chi connectivity index (χ0v) is 19.6. The molecule has 2 N–H and O–H groups in total. The van der Waals surface area contributed by atoms with E-state index in [1.165, 1.54) is 18.2 Å². The Bertz CT molecular complexity index is 1120. The van der Waals surface area contributed by atoms with Crippen LogP contribution in [0.2, 0.25) is 0 Å². The molecule has 0 spiro atoms. The summed E-state index contributed by atoms with van der Waals surface area (Å²) in [5.41, 5.74) is 2.00. The van der Waals surface area contributed by atoms with Gasteiger partial charge < -0.3 is 10.3 Å².